The van der Waals surface area contributed by atoms with Crippen molar-refractivity contribution >= 4 is 35.2 Å². The van der Waals surface area contributed by atoms with Gasteiger partial charge in [-0.05, 0) is 44.2 Å². The van der Waals surface area contributed by atoms with Crippen LogP contribution >= 0.6 is 11.8 Å². The van der Waals surface area contributed by atoms with Gasteiger partial charge in [0.05, 0.1) is 16.6 Å². The van der Waals surface area contributed by atoms with Crippen LogP contribution in [0.5, 0.6) is 0 Å². The van der Waals surface area contributed by atoms with Crippen molar-refractivity contribution in [3.63, 3.8) is 0 Å². The Morgan fingerprint density at radius 1 is 1.15 bits per heavy atom. The highest BCUT2D eigenvalue weighted by molar-refractivity contribution is 8.02. The SMILES string of the molecule is CCCCCNC(=O)C1N(CCCCO)C(=O)[C@@H]2[C@@H](C(=O)Nc3ccccc3)[C@H]3CCC12S3. The molecule has 4 rings (SSSR count). The van der Waals surface area contributed by atoms with E-state index in [1.165, 1.54) is 0 Å². The molecular weight excluding hydrogens is 438 g/mol. The first-order valence-electron chi connectivity index (χ1n) is 12.3. The van der Waals surface area contributed by atoms with Crippen LogP contribution in [0.4, 0.5) is 5.69 Å². The summed E-state index contributed by atoms with van der Waals surface area (Å²) >= 11 is 1.69. The highest BCUT2D eigenvalue weighted by Gasteiger charge is 2.73. The Labute approximate surface area is 200 Å². The number of para-hydroxylation sites is 1. The molecule has 3 aliphatic heterocycles. The normalized spacial score (nSPS) is 29.9. The predicted octanol–water partition coefficient (Wildman–Crippen LogP) is 2.80. The van der Waals surface area contributed by atoms with Crippen LogP contribution in [0.25, 0.3) is 0 Å². The lowest BCUT2D eigenvalue weighted by atomic mass is 9.70. The Bertz CT molecular complexity index is 866. The number of carbonyl (C=O) groups is 3. The highest BCUT2D eigenvalue weighted by atomic mass is 32.2. The second kappa shape index (κ2) is 10.5. The number of aliphatic hydroxyl groups excluding tert-OH is 1. The largest absolute Gasteiger partial charge is 0.396 e. The van der Waals surface area contributed by atoms with Crippen LogP contribution in [0.1, 0.15) is 51.9 Å². The Balaban J connectivity index is 1.57. The van der Waals surface area contributed by atoms with Gasteiger partial charge in [0, 0.05) is 30.6 Å². The minimum Gasteiger partial charge on any atom is -0.396 e. The summed E-state index contributed by atoms with van der Waals surface area (Å²) in [4.78, 5) is 42.2. The van der Waals surface area contributed by atoms with Crippen LogP contribution in [0.3, 0.4) is 0 Å². The molecular formula is C25H35N3O4S. The number of rotatable bonds is 11. The standard InChI is InChI=1S/C25H35N3O4S/c1-2-3-7-14-26-23(31)21-25-13-12-18(33-25)19(22(30)27-17-10-5-4-6-11-17)20(25)24(32)28(21)15-8-9-16-29/h4-6,10-11,18-21,29H,2-3,7-9,12-16H2,1H3,(H,26,31)(H,27,30)/t18-,19+,20+,21?,25?/m1/s1. The first-order chi connectivity index (χ1) is 16.0. The van der Waals surface area contributed by atoms with Crippen LogP contribution in [0.15, 0.2) is 30.3 Å². The minimum absolute atomic E-state index is 0.0534. The number of unbranched alkanes of at least 4 members (excludes halogenated alkanes) is 3. The molecule has 1 spiro atoms. The molecule has 1 aromatic rings. The molecule has 33 heavy (non-hydrogen) atoms. The summed E-state index contributed by atoms with van der Waals surface area (Å²) in [6, 6.07) is 8.77. The first-order valence-corrected chi connectivity index (χ1v) is 13.1. The fourth-order valence-corrected chi connectivity index (χ4v) is 8.04. The first kappa shape index (κ1) is 24.1. The Hall–Kier alpha value is -2.06. The number of anilines is 1. The summed E-state index contributed by atoms with van der Waals surface area (Å²) in [5.74, 6) is -1.22. The van der Waals surface area contributed by atoms with E-state index >= 15 is 0 Å². The fourth-order valence-electron chi connectivity index (χ4n) is 5.82. The zero-order valence-corrected chi connectivity index (χ0v) is 20.1. The van der Waals surface area contributed by atoms with Gasteiger partial charge in [-0.15, -0.1) is 11.8 Å². The van der Waals surface area contributed by atoms with Crippen LogP contribution in [-0.4, -0.2) is 63.5 Å². The Kier molecular flexibility index (Phi) is 7.64. The third-order valence-electron chi connectivity index (χ3n) is 7.28. The van der Waals surface area contributed by atoms with Gasteiger partial charge in [0.15, 0.2) is 0 Å². The number of fused-ring (bicyclic) bond motifs is 1. The van der Waals surface area contributed by atoms with E-state index in [2.05, 4.69) is 17.6 Å². The van der Waals surface area contributed by atoms with Crippen LogP contribution < -0.4 is 10.6 Å². The van der Waals surface area contributed by atoms with Gasteiger partial charge in [-0.1, -0.05) is 38.0 Å². The number of thioether (sulfide) groups is 1. The van der Waals surface area contributed by atoms with Gasteiger partial charge >= 0.3 is 0 Å². The van der Waals surface area contributed by atoms with Gasteiger partial charge < -0.3 is 20.6 Å². The fraction of sp³-hybridized carbons (Fsp3) is 0.640. The molecule has 3 amide bonds. The van der Waals surface area contributed by atoms with Crippen molar-refractivity contribution in [1.29, 1.82) is 0 Å². The molecule has 3 aliphatic rings. The number of amides is 3. The number of likely N-dealkylation sites (tertiary alicyclic amines) is 1. The number of nitrogens with zero attached hydrogens (tertiary/aromatic N) is 1. The summed E-state index contributed by atoms with van der Waals surface area (Å²) in [6.45, 7) is 3.22. The lowest BCUT2D eigenvalue weighted by Gasteiger charge is -2.34. The Morgan fingerprint density at radius 2 is 1.94 bits per heavy atom. The second-order valence-corrected chi connectivity index (χ2v) is 11.0. The van der Waals surface area contributed by atoms with Crippen LogP contribution in [-0.2, 0) is 14.4 Å². The van der Waals surface area contributed by atoms with E-state index in [9.17, 15) is 19.5 Å². The zero-order valence-electron chi connectivity index (χ0n) is 19.3. The molecule has 180 valence electrons. The Morgan fingerprint density at radius 3 is 2.67 bits per heavy atom. The molecule has 0 radical (unpaired) electrons. The van der Waals surface area contributed by atoms with E-state index < -0.39 is 22.6 Å². The van der Waals surface area contributed by atoms with Gasteiger partial charge in [0.2, 0.25) is 17.7 Å². The summed E-state index contributed by atoms with van der Waals surface area (Å²) < 4.78 is -0.547. The summed E-state index contributed by atoms with van der Waals surface area (Å²) in [7, 11) is 0. The van der Waals surface area contributed by atoms with Crippen molar-refractivity contribution in [2.75, 3.05) is 25.0 Å². The summed E-state index contributed by atoms with van der Waals surface area (Å²) in [5, 5.41) is 15.4. The molecule has 3 heterocycles. The van der Waals surface area contributed by atoms with Gasteiger partial charge in [-0.3, -0.25) is 14.4 Å². The number of aliphatic hydroxyl groups is 1. The zero-order chi connectivity index (χ0) is 23.4. The molecule has 3 N–H and O–H groups in total. The number of carbonyl (C=O) groups excluding carboxylic acids is 3. The van der Waals surface area contributed by atoms with E-state index in [-0.39, 0.29) is 29.6 Å². The van der Waals surface area contributed by atoms with Gasteiger partial charge in [-0.2, -0.15) is 0 Å². The molecule has 5 atom stereocenters. The quantitative estimate of drug-likeness (QED) is 0.429. The second-order valence-electron chi connectivity index (χ2n) is 9.37. The number of benzene rings is 1. The third kappa shape index (κ3) is 4.52. The molecule has 1 aromatic carbocycles. The van der Waals surface area contributed by atoms with E-state index in [0.29, 0.717) is 25.9 Å². The number of hydrogen-bond donors (Lipinski definition) is 3. The van der Waals surface area contributed by atoms with Crippen molar-refractivity contribution in [3.8, 4) is 0 Å². The smallest absolute Gasteiger partial charge is 0.244 e. The molecule has 2 bridgehead atoms. The van der Waals surface area contributed by atoms with Crippen molar-refractivity contribution in [3.05, 3.63) is 30.3 Å². The van der Waals surface area contributed by atoms with Crippen LogP contribution in [0, 0.1) is 11.8 Å². The molecule has 3 saturated heterocycles. The van der Waals surface area contributed by atoms with Crippen molar-refractivity contribution in [2.45, 2.75) is 67.9 Å². The molecule has 3 fully saturated rings. The maximum absolute atomic E-state index is 13.7. The molecule has 0 aliphatic carbocycles. The average Bonchev–Trinajstić information content (AvgIpc) is 3.45. The monoisotopic (exact) mass is 473 g/mol. The maximum Gasteiger partial charge on any atom is 0.244 e. The van der Waals surface area contributed by atoms with Gasteiger partial charge in [0.25, 0.3) is 0 Å². The lowest BCUT2D eigenvalue weighted by Crippen LogP contribution is -2.53. The summed E-state index contributed by atoms with van der Waals surface area (Å²) in [5.41, 5.74) is 0.722. The van der Waals surface area contributed by atoms with E-state index in [4.69, 9.17) is 0 Å². The molecule has 8 heteroatoms. The van der Waals surface area contributed by atoms with Crippen molar-refractivity contribution in [2.24, 2.45) is 11.8 Å². The average molecular weight is 474 g/mol. The van der Waals surface area contributed by atoms with Crippen molar-refractivity contribution in [1.82, 2.24) is 10.2 Å². The predicted molar refractivity (Wildman–Crippen MR) is 130 cm³/mol. The molecule has 0 aromatic heterocycles. The summed E-state index contributed by atoms with van der Waals surface area (Å²) in [6.07, 6.45) is 5.88. The van der Waals surface area contributed by atoms with E-state index in [1.807, 2.05) is 30.3 Å². The van der Waals surface area contributed by atoms with E-state index in [0.717, 1.165) is 37.8 Å². The topological polar surface area (TPSA) is 98.7 Å². The molecule has 0 saturated carbocycles. The minimum atomic E-state index is -0.556. The van der Waals surface area contributed by atoms with E-state index in [1.54, 1.807) is 16.7 Å². The number of nitrogens with one attached hydrogen (secondary N) is 2. The van der Waals surface area contributed by atoms with Crippen molar-refractivity contribution < 1.29 is 19.5 Å². The maximum atomic E-state index is 13.7. The highest BCUT2D eigenvalue weighted by Crippen LogP contribution is 2.66. The van der Waals surface area contributed by atoms with Gasteiger partial charge in [-0.25, -0.2) is 0 Å². The lowest BCUT2D eigenvalue weighted by molar-refractivity contribution is -0.139. The third-order valence-corrected chi connectivity index (χ3v) is 9.23. The molecule has 2 unspecified atom stereocenters. The molecule has 7 nitrogen and oxygen atoms in total. The van der Waals surface area contributed by atoms with Crippen LogP contribution in [0.2, 0.25) is 0 Å². The number of hydrogen-bond acceptors (Lipinski definition) is 5. The van der Waals surface area contributed by atoms with Gasteiger partial charge in [0.1, 0.15) is 6.04 Å².